The fraction of sp³-hybridized carbons (Fsp3) is 0.500. The van der Waals surface area contributed by atoms with Crippen LogP contribution in [0.25, 0.3) is 0 Å². The Morgan fingerprint density at radius 2 is 1.41 bits per heavy atom. The van der Waals surface area contributed by atoms with E-state index in [9.17, 15) is 0 Å². The molecular formula is C26H39OSiSn. The smallest absolute Gasteiger partial charge is 0.191 e. The van der Waals surface area contributed by atoms with E-state index in [4.69, 9.17) is 4.43 Å². The summed E-state index contributed by atoms with van der Waals surface area (Å²) in [6.07, 6.45) is 6.93. The van der Waals surface area contributed by atoms with Gasteiger partial charge in [0.2, 0.25) is 0 Å². The molecule has 2 bridgehead atoms. The minimum Gasteiger partial charge on any atom is -0.417 e. The second-order valence-corrected chi connectivity index (χ2v) is 14.2. The zero-order valence-corrected chi connectivity index (χ0v) is 22.7. The Hall–Kier alpha value is -0.584. The van der Waals surface area contributed by atoms with Gasteiger partial charge >= 0.3 is 0 Å². The maximum Gasteiger partial charge on any atom is 0.191 e. The second kappa shape index (κ2) is 13.0. The molecular weight excluding hydrogens is 475 g/mol. The Bertz CT molecular complexity index is 560. The van der Waals surface area contributed by atoms with E-state index in [-0.39, 0.29) is 25.3 Å². The average molecular weight is 514 g/mol. The van der Waals surface area contributed by atoms with E-state index in [1.807, 2.05) is 60.7 Å². The van der Waals surface area contributed by atoms with Crippen molar-refractivity contribution in [2.24, 2.45) is 17.8 Å². The van der Waals surface area contributed by atoms with Gasteiger partial charge in [-0.2, -0.15) is 0 Å². The molecule has 29 heavy (non-hydrogen) atoms. The molecule has 3 atom stereocenters. The first-order chi connectivity index (χ1) is 13.3. The number of fused-ring (bicyclic) bond motifs is 2. The molecule has 2 aromatic rings. The quantitative estimate of drug-likeness (QED) is 0.397. The van der Waals surface area contributed by atoms with E-state index < -0.39 is 8.32 Å². The first-order valence-corrected chi connectivity index (χ1v) is 13.5. The molecule has 2 aliphatic carbocycles. The van der Waals surface area contributed by atoms with Crippen LogP contribution < -0.4 is 0 Å². The summed E-state index contributed by atoms with van der Waals surface area (Å²) in [5.74, 6) is 2.65. The van der Waals surface area contributed by atoms with Crippen LogP contribution in [0.3, 0.4) is 0 Å². The van der Waals surface area contributed by atoms with Gasteiger partial charge in [-0.3, -0.25) is 0 Å². The Kier molecular flexibility index (Phi) is 11.8. The Morgan fingerprint density at radius 1 is 0.897 bits per heavy atom. The monoisotopic (exact) mass is 515 g/mol. The molecule has 0 saturated heterocycles. The van der Waals surface area contributed by atoms with Crippen LogP contribution in [-0.4, -0.2) is 38.8 Å². The van der Waals surface area contributed by atoms with Crippen molar-refractivity contribution in [3.05, 3.63) is 79.2 Å². The molecule has 2 aromatic carbocycles. The summed E-state index contributed by atoms with van der Waals surface area (Å²) in [6, 6.07) is 25.0. The van der Waals surface area contributed by atoms with Crippen molar-refractivity contribution in [1.29, 1.82) is 0 Å². The van der Waals surface area contributed by atoms with Crippen molar-refractivity contribution in [3.63, 3.8) is 0 Å². The van der Waals surface area contributed by atoms with E-state index in [1.165, 1.54) is 19.3 Å². The van der Waals surface area contributed by atoms with Gasteiger partial charge in [0.25, 0.3) is 0 Å². The molecule has 4 rings (SSSR count). The van der Waals surface area contributed by atoms with Crippen LogP contribution in [0.5, 0.6) is 0 Å². The summed E-state index contributed by atoms with van der Waals surface area (Å²) in [6.45, 7) is 12.7. The normalized spacial score (nSPS) is 22.4. The van der Waals surface area contributed by atoms with Crippen molar-refractivity contribution in [1.82, 2.24) is 0 Å². The molecule has 2 fully saturated rings. The maximum atomic E-state index is 6.34. The molecule has 2 saturated carbocycles. The molecule has 7 radical (unpaired) electrons. The molecule has 0 N–H and O–H groups in total. The first kappa shape index (κ1) is 26.5. The van der Waals surface area contributed by atoms with Crippen molar-refractivity contribution < 1.29 is 5.85 Å². The standard InChI is InChI=1S/C14H27OSi.2C6H5.Sn.H2/c1-14(2,3)16(4,5)15-10-13-9-11-6-7-12(13)8-11;2*1-2-4-6-5-3-1;;/h9,11-13H,6-8,10H2,1-5H3;2*1-5H;;1H/t11-,12+,13+;;;;/m0..../s1. The molecule has 157 valence electrons. The summed E-state index contributed by atoms with van der Waals surface area (Å²) in [5.41, 5.74) is 0. The number of hydrogen-bond acceptors (Lipinski definition) is 1. The van der Waals surface area contributed by atoms with Gasteiger partial charge in [-0.1, -0.05) is 81.4 Å². The molecule has 0 aromatic heterocycles. The third kappa shape index (κ3) is 9.40. The summed E-state index contributed by atoms with van der Waals surface area (Å²) in [5, 5.41) is 0.352. The average Bonchev–Trinajstić information content (AvgIpc) is 3.33. The van der Waals surface area contributed by atoms with Crippen molar-refractivity contribution in [2.45, 2.75) is 58.2 Å². The van der Waals surface area contributed by atoms with Crippen LogP contribution in [0, 0.1) is 36.3 Å². The Balaban J connectivity index is 0.000000497. The largest absolute Gasteiger partial charge is 0.417 e. The zero-order chi connectivity index (χ0) is 20.5. The van der Waals surface area contributed by atoms with Gasteiger partial charge in [0.15, 0.2) is 8.32 Å². The minimum atomic E-state index is -1.52. The summed E-state index contributed by atoms with van der Waals surface area (Å²) < 4.78 is 6.34. The van der Waals surface area contributed by atoms with Gasteiger partial charge in [-0.05, 0) is 73.7 Å². The molecule has 0 aliphatic heterocycles. The van der Waals surface area contributed by atoms with Crippen molar-refractivity contribution >= 4 is 32.2 Å². The van der Waals surface area contributed by atoms with Crippen LogP contribution in [0.1, 0.15) is 41.5 Å². The van der Waals surface area contributed by atoms with Crippen LogP contribution in [0.4, 0.5) is 0 Å². The Labute approximate surface area is 199 Å². The minimum absolute atomic E-state index is 0. The molecule has 0 heterocycles. The fourth-order valence-corrected chi connectivity index (χ4v) is 4.56. The van der Waals surface area contributed by atoms with Gasteiger partial charge < -0.3 is 4.43 Å². The van der Waals surface area contributed by atoms with E-state index in [0.717, 1.165) is 24.4 Å². The molecule has 1 nitrogen and oxygen atoms in total. The third-order valence-corrected chi connectivity index (χ3v) is 10.8. The third-order valence-electron chi connectivity index (χ3n) is 6.30. The fourth-order valence-electron chi connectivity index (χ4n) is 3.52. The van der Waals surface area contributed by atoms with Crippen molar-refractivity contribution in [2.75, 3.05) is 6.61 Å². The summed E-state index contributed by atoms with van der Waals surface area (Å²) in [4.78, 5) is 0. The van der Waals surface area contributed by atoms with E-state index in [0.29, 0.717) is 5.04 Å². The number of benzene rings is 2. The molecule has 0 amide bonds. The van der Waals surface area contributed by atoms with Gasteiger partial charge in [0, 0.05) is 31.9 Å². The van der Waals surface area contributed by atoms with Crippen LogP contribution in [0.2, 0.25) is 18.1 Å². The predicted octanol–water partition coefficient (Wildman–Crippen LogP) is 7.10. The van der Waals surface area contributed by atoms with E-state index >= 15 is 0 Å². The maximum absolute atomic E-state index is 6.34. The van der Waals surface area contributed by atoms with Crippen molar-refractivity contribution in [3.8, 4) is 0 Å². The number of hydrogen-bond donors (Lipinski definition) is 0. The van der Waals surface area contributed by atoms with Crippen LogP contribution >= 0.6 is 0 Å². The van der Waals surface area contributed by atoms with Crippen LogP contribution in [0.15, 0.2) is 60.7 Å². The summed E-state index contributed by atoms with van der Waals surface area (Å²) >= 11 is 0. The molecule has 0 spiro atoms. The number of rotatable bonds is 3. The molecule has 3 heteroatoms. The topological polar surface area (TPSA) is 9.23 Å². The molecule has 0 unspecified atom stereocenters. The SMILES string of the molecule is CC(C)(C)[Si](C)(C)OC[C@H]1[CH][C@H]2CC[C@@H]1C2.[HH].[Sn].[c]1ccccc1.[c]1ccccc1. The van der Waals surface area contributed by atoms with Gasteiger partial charge in [0.05, 0.1) is 0 Å². The predicted molar refractivity (Wildman–Crippen MR) is 130 cm³/mol. The van der Waals surface area contributed by atoms with E-state index in [2.05, 4.69) is 52.4 Å². The second-order valence-electron chi connectivity index (χ2n) is 9.42. The van der Waals surface area contributed by atoms with Gasteiger partial charge in [-0.25, -0.2) is 0 Å². The zero-order valence-electron chi connectivity index (χ0n) is 18.8. The Morgan fingerprint density at radius 3 is 1.69 bits per heavy atom. The van der Waals surface area contributed by atoms with Gasteiger partial charge in [-0.15, -0.1) is 0 Å². The van der Waals surface area contributed by atoms with E-state index in [1.54, 1.807) is 0 Å². The molecule has 2 aliphatic rings. The summed E-state index contributed by atoms with van der Waals surface area (Å²) in [7, 11) is -1.52. The first-order valence-electron chi connectivity index (χ1n) is 10.6. The van der Waals surface area contributed by atoms with Gasteiger partial charge in [0.1, 0.15) is 0 Å². The van der Waals surface area contributed by atoms with Crippen LogP contribution in [-0.2, 0) is 4.43 Å².